The minimum atomic E-state index is -0.381. The number of benzene rings is 1. The third-order valence-electron chi connectivity index (χ3n) is 5.01. The zero-order chi connectivity index (χ0) is 14.7. The van der Waals surface area contributed by atoms with Crippen LogP contribution in [0.3, 0.4) is 0 Å². The number of aliphatic hydroxyl groups excluding tert-OH is 1. The van der Waals surface area contributed by atoms with Gasteiger partial charge in [0.05, 0.1) is 6.10 Å². The van der Waals surface area contributed by atoms with E-state index < -0.39 is 0 Å². The molecule has 0 amide bonds. The minimum absolute atomic E-state index is 0.381. The molecule has 20 heavy (non-hydrogen) atoms. The lowest BCUT2D eigenvalue weighted by atomic mass is 9.85. The van der Waals surface area contributed by atoms with Crippen LogP contribution in [0.15, 0.2) is 18.2 Å². The van der Waals surface area contributed by atoms with Gasteiger partial charge in [0.25, 0.3) is 0 Å². The molecule has 3 unspecified atom stereocenters. The number of nitrogens with zero attached hydrogens (tertiary/aromatic N) is 1. The summed E-state index contributed by atoms with van der Waals surface area (Å²) >= 11 is 0. The second-order valence-corrected chi connectivity index (χ2v) is 6.63. The number of rotatable bonds is 4. The van der Waals surface area contributed by atoms with Gasteiger partial charge in [-0.05, 0) is 56.3 Å². The molecule has 0 aliphatic heterocycles. The highest BCUT2D eigenvalue weighted by molar-refractivity contribution is 5.31. The quantitative estimate of drug-likeness (QED) is 0.902. The molecule has 1 aliphatic carbocycles. The first kappa shape index (κ1) is 15.5. The van der Waals surface area contributed by atoms with Crippen molar-refractivity contribution in [1.82, 2.24) is 4.90 Å². The van der Waals surface area contributed by atoms with Crippen LogP contribution in [0.5, 0.6) is 0 Å². The number of aryl methyl sites for hydroxylation is 2. The summed E-state index contributed by atoms with van der Waals surface area (Å²) < 4.78 is 0. The molecule has 1 aromatic carbocycles. The molecule has 1 saturated carbocycles. The maximum Gasteiger partial charge on any atom is 0.0917 e. The first-order chi connectivity index (χ1) is 9.49. The van der Waals surface area contributed by atoms with E-state index >= 15 is 0 Å². The summed E-state index contributed by atoms with van der Waals surface area (Å²) in [6.45, 7) is 7.31. The van der Waals surface area contributed by atoms with Gasteiger partial charge in [-0.1, -0.05) is 38.0 Å². The van der Waals surface area contributed by atoms with Gasteiger partial charge in [-0.2, -0.15) is 0 Å². The molecule has 2 heteroatoms. The molecule has 0 spiro atoms. The fraction of sp³-hybridized carbons (Fsp3) is 0.667. The van der Waals surface area contributed by atoms with Gasteiger partial charge < -0.3 is 10.0 Å². The van der Waals surface area contributed by atoms with E-state index in [1.54, 1.807) is 0 Å². The van der Waals surface area contributed by atoms with Gasteiger partial charge in [-0.3, -0.25) is 0 Å². The van der Waals surface area contributed by atoms with Crippen molar-refractivity contribution >= 4 is 0 Å². The van der Waals surface area contributed by atoms with Crippen LogP contribution >= 0.6 is 0 Å². The molecule has 1 N–H and O–H groups in total. The van der Waals surface area contributed by atoms with Crippen LogP contribution < -0.4 is 0 Å². The summed E-state index contributed by atoms with van der Waals surface area (Å²) in [5.41, 5.74) is 3.59. The molecule has 0 aromatic heterocycles. The van der Waals surface area contributed by atoms with E-state index in [0.717, 1.165) is 18.0 Å². The number of aliphatic hydroxyl groups is 1. The van der Waals surface area contributed by atoms with Crippen LogP contribution in [0.25, 0.3) is 0 Å². The average Bonchev–Trinajstić information content (AvgIpc) is 2.42. The normalized spacial score (nSPS) is 24.9. The summed E-state index contributed by atoms with van der Waals surface area (Å²) in [5, 5.41) is 10.5. The minimum Gasteiger partial charge on any atom is -0.387 e. The largest absolute Gasteiger partial charge is 0.387 e. The standard InChI is InChI=1S/C18H29NO/c1-13-9-10-16(11-15(13)3)18(20)12-19(4)17-8-6-5-7-14(17)2/h9-11,14,17-18,20H,5-8,12H2,1-4H3. The highest BCUT2D eigenvalue weighted by Crippen LogP contribution is 2.28. The van der Waals surface area contributed by atoms with Gasteiger partial charge >= 0.3 is 0 Å². The Kier molecular flexibility index (Phi) is 5.22. The van der Waals surface area contributed by atoms with Crippen LogP contribution in [0.1, 0.15) is 55.4 Å². The summed E-state index contributed by atoms with van der Waals surface area (Å²) in [6.07, 6.45) is 4.92. The summed E-state index contributed by atoms with van der Waals surface area (Å²) in [5.74, 6) is 0.751. The molecule has 1 aromatic rings. The van der Waals surface area contributed by atoms with Crippen molar-refractivity contribution in [3.63, 3.8) is 0 Å². The maximum atomic E-state index is 10.5. The Morgan fingerprint density at radius 2 is 1.90 bits per heavy atom. The lowest BCUT2D eigenvalue weighted by molar-refractivity contribution is 0.0710. The molecule has 1 fully saturated rings. The van der Waals surface area contributed by atoms with Crippen molar-refractivity contribution in [3.05, 3.63) is 34.9 Å². The SMILES string of the molecule is Cc1ccc(C(O)CN(C)C2CCCCC2C)cc1C. The van der Waals surface area contributed by atoms with Crippen LogP contribution in [0, 0.1) is 19.8 Å². The van der Waals surface area contributed by atoms with Gasteiger partial charge in [0, 0.05) is 12.6 Å². The lowest BCUT2D eigenvalue weighted by Gasteiger charge is -2.37. The zero-order valence-electron chi connectivity index (χ0n) is 13.4. The van der Waals surface area contributed by atoms with Crippen LogP contribution in [-0.2, 0) is 0 Å². The summed E-state index contributed by atoms with van der Waals surface area (Å²) in [7, 11) is 2.16. The Balaban J connectivity index is 1.99. The van der Waals surface area contributed by atoms with Gasteiger partial charge in [0.1, 0.15) is 0 Å². The van der Waals surface area contributed by atoms with Gasteiger partial charge in [0.15, 0.2) is 0 Å². The van der Waals surface area contributed by atoms with E-state index in [4.69, 9.17) is 0 Å². The Hall–Kier alpha value is -0.860. The van der Waals surface area contributed by atoms with E-state index in [1.807, 2.05) is 0 Å². The van der Waals surface area contributed by atoms with Crippen molar-refractivity contribution in [1.29, 1.82) is 0 Å². The number of hydrogen-bond acceptors (Lipinski definition) is 2. The topological polar surface area (TPSA) is 23.5 Å². The number of hydrogen-bond donors (Lipinski definition) is 1. The molecular weight excluding hydrogens is 246 g/mol. The van der Waals surface area contributed by atoms with E-state index in [0.29, 0.717) is 6.04 Å². The highest BCUT2D eigenvalue weighted by atomic mass is 16.3. The number of likely N-dealkylation sites (N-methyl/N-ethyl adjacent to an activating group) is 1. The van der Waals surface area contributed by atoms with Gasteiger partial charge in [-0.25, -0.2) is 0 Å². The Morgan fingerprint density at radius 1 is 1.20 bits per heavy atom. The van der Waals surface area contributed by atoms with E-state index in [1.165, 1.54) is 36.8 Å². The van der Waals surface area contributed by atoms with Crippen molar-refractivity contribution in [2.45, 2.75) is 58.6 Å². The lowest BCUT2D eigenvalue weighted by Crippen LogP contribution is -2.41. The predicted octanol–water partition coefficient (Wildman–Crippen LogP) is 3.85. The van der Waals surface area contributed by atoms with Crippen molar-refractivity contribution in [2.75, 3.05) is 13.6 Å². The van der Waals surface area contributed by atoms with Crippen LogP contribution in [0.2, 0.25) is 0 Å². The van der Waals surface area contributed by atoms with E-state index in [-0.39, 0.29) is 6.10 Å². The van der Waals surface area contributed by atoms with Crippen LogP contribution in [-0.4, -0.2) is 29.6 Å². The summed E-state index contributed by atoms with van der Waals surface area (Å²) in [4.78, 5) is 2.36. The van der Waals surface area contributed by atoms with Gasteiger partial charge in [-0.15, -0.1) is 0 Å². The molecule has 0 bridgehead atoms. The smallest absolute Gasteiger partial charge is 0.0917 e. The van der Waals surface area contributed by atoms with Crippen molar-refractivity contribution < 1.29 is 5.11 Å². The third-order valence-corrected chi connectivity index (χ3v) is 5.01. The first-order valence-corrected chi connectivity index (χ1v) is 7.94. The molecule has 2 rings (SSSR count). The van der Waals surface area contributed by atoms with Crippen molar-refractivity contribution in [2.24, 2.45) is 5.92 Å². The molecule has 2 nitrogen and oxygen atoms in total. The molecule has 0 saturated heterocycles. The Morgan fingerprint density at radius 3 is 2.55 bits per heavy atom. The Bertz CT molecular complexity index is 443. The maximum absolute atomic E-state index is 10.5. The molecular formula is C18H29NO. The Labute approximate surface area is 123 Å². The second-order valence-electron chi connectivity index (χ2n) is 6.63. The molecule has 3 atom stereocenters. The van der Waals surface area contributed by atoms with Gasteiger partial charge in [0.2, 0.25) is 0 Å². The monoisotopic (exact) mass is 275 g/mol. The zero-order valence-corrected chi connectivity index (χ0v) is 13.4. The molecule has 112 valence electrons. The van der Waals surface area contributed by atoms with Crippen LogP contribution in [0.4, 0.5) is 0 Å². The fourth-order valence-electron chi connectivity index (χ4n) is 3.44. The average molecular weight is 275 g/mol. The molecule has 1 aliphatic rings. The third kappa shape index (κ3) is 3.62. The fourth-order valence-corrected chi connectivity index (χ4v) is 3.44. The highest BCUT2D eigenvalue weighted by Gasteiger charge is 2.26. The second kappa shape index (κ2) is 6.73. The molecule has 0 heterocycles. The van der Waals surface area contributed by atoms with E-state index in [9.17, 15) is 5.11 Å². The molecule has 0 radical (unpaired) electrons. The summed E-state index contributed by atoms with van der Waals surface area (Å²) in [6, 6.07) is 6.92. The van der Waals surface area contributed by atoms with Crippen molar-refractivity contribution in [3.8, 4) is 0 Å². The van der Waals surface area contributed by atoms with E-state index in [2.05, 4.69) is 50.9 Å². The first-order valence-electron chi connectivity index (χ1n) is 7.94. The predicted molar refractivity (Wildman–Crippen MR) is 84.9 cm³/mol.